The lowest BCUT2D eigenvalue weighted by molar-refractivity contribution is 0.0584. The van der Waals surface area contributed by atoms with Crippen LogP contribution in [0.4, 0.5) is 0 Å². The third-order valence-electron chi connectivity index (χ3n) is 5.76. The lowest BCUT2D eigenvalue weighted by Gasteiger charge is -2.48. The van der Waals surface area contributed by atoms with E-state index >= 15 is 0 Å². The molecule has 1 aromatic heterocycles. The van der Waals surface area contributed by atoms with Crippen LogP contribution in [-0.2, 0) is 12.0 Å². The van der Waals surface area contributed by atoms with E-state index in [4.69, 9.17) is 0 Å². The average molecular weight is 340 g/mol. The van der Waals surface area contributed by atoms with Crippen molar-refractivity contribution in [3.63, 3.8) is 0 Å². The van der Waals surface area contributed by atoms with Crippen LogP contribution in [0.25, 0.3) is 0 Å². The number of hydrogen-bond acceptors (Lipinski definition) is 3. The van der Waals surface area contributed by atoms with E-state index in [0.717, 1.165) is 51.1 Å². The fourth-order valence-corrected chi connectivity index (χ4v) is 4.95. The van der Waals surface area contributed by atoms with Crippen molar-refractivity contribution in [1.82, 2.24) is 9.80 Å². The molecular formula is C20H24N2OS. The number of piperidine rings is 1. The number of likely N-dealkylation sites (tertiary alicyclic amines) is 1. The van der Waals surface area contributed by atoms with Gasteiger partial charge in [-0.15, -0.1) is 0 Å². The van der Waals surface area contributed by atoms with Crippen LogP contribution in [0, 0.1) is 0 Å². The molecular weight excluding hydrogens is 316 g/mol. The Kier molecular flexibility index (Phi) is 4.19. The lowest BCUT2D eigenvalue weighted by Crippen LogP contribution is -2.53. The second kappa shape index (κ2) is 6.34. The van der Waals surface area contributed by atoms with Crippen molar-refractivity contribution in [2.45, 2.75) is 31.7 Å². The molecule has 4 heteroatoms. The topological polar surface area (TPSA) is 23.6 Å². The standard InChI is InChI=1S/C20H24N2OS/c1-2-21-10-8-20(9-11-21)15-22(19(23)17-7-12-24-14-17)13-16-5-3-4-6-18(16)20/h3-7,12,14H,2,8-11,13,15H2,1H3. The number of fused-ring (bicyclic) bond motifs is 2. The van der Waals surface area contributed by atoms with Crippen molar-refractivity contribution >= 4 is 17.2 Å². The number of hydrogen-bond donors (Lipinski definition) is 0. The Morgan fingerprint density at radius 2 is 2.00 bits per heavy atom. The van der Waals surface area contributed by atoms with Crippen molar-refractivity contribution in [3.8, 4) is 0 Å². The maximum atomic E-state index is 12.9. The summed E-state index contributed by atoms with van der Waals surface area (Å²) in [5.74, 6) is 0.183. The highest BCUT2D eigenvalue weighted by atomic mass is 32.1. The summed E-state index contributed by atoms with van der Waals surface area (Å²) in [5.41, 5.74) is 3.78. The van der Waals surface area contributed by atoms with Crippen LogP contribution in [0.1, 0.15) is 41.3 Å². The molecule has 0 radical (unpaired) electrons. The molecule has 2 aliphatic heterocycles. The first-order valence-electron chi connectivity index (χ1n) is 8.84. The molecule has 0 aliphatic carbocycles. The number of nitrogens with zero attached hydrogens (tertiary/aromatic N) is 2. The molecule has 0 unspecified atom stereocenters. The molecule has 24 heavy (non-hydrogen) atoms. The molecule has 0 N–H and O–H groups in total. The largest absolute Gasteiger partial charge is 0.333 e. The third kappa shape index (κ3) is 2.68. The van der Waals surface area contributed by atoms with E-state index in [1.807, 2.05) is 16.8 Å². The van der Waals surface area contributed by atoms with Crippen LogP contribution < -0.4 is 0 Å². The number of carbonyl (C=O) groups excluding carboxylic acids is 1. The van der Waals surface area contributed by atoms with Gasteiger partial charge in [-0.05, 0) is 55.0 Å². The lowest BCUT2D eigenvalue weighted by atomic mass is 9.68. The van der Waals surface area contributed by atoms with Gasteiger partial charge < -0.3 is 9.80 Å². The zero-order valence-corrected chi connectivity index (χ0v) is 15.0. The number of benzene rings is 1. The molecule has 2 aliphatic rings. The van der Waals surface area contributed by atoms with Crippen LogP contribution in [-0.4, -0.2) is 41.9 Å². The van der Waals surface area contributed by atoms with E-state index in [9.17, 15) is 4.79 Å². The fraction of sp³-hybridized carbons (Fsp3) is 0.450. The zero-order valence-electron chi connectivity index (χ0n) is 14.2. The van der Waals surface area contributed by atoms with Crippen LogP contribution in [0.15, 0.2) is 41.1 Å². The number of carbonyl (C=O) groups is 1. The first-order chi connectivity index (χ1) is 11.7. The van der Waals surface area contributed by atoms with Crippen LogP contribution in [0.2, 0.25) is 0 Å². The molecule has 1 spiro atoms. The first kappa shape index (κ1) is 15.9. The minimum Gasteiger partial charge on any atom is -0.333 e. The Labute approximate surface area is 147 Å². The molecule has 1 fully saturated rings. The minimum atomic E-state index is 0.131. The maximum Gasteiger partial charge on any atom is 0.255 e. The van der Waals surface area contributed by atoms with Gasteiger partial charge in [0.2, 0.25) is 0 Å². The molecule has 4 rings (SSSR count). The monoisotopic (exact) mass is 340 g/mol. The van der Waals surface area contributed by atoms with Gasteiger partial charge in [0.25, 0.3) is 5.91 Å². The van der Waals surface area contributed by atoms with Gasteiger partial charge >= 0.3 is 0 Å². The van der Waals surface area contributed by atoms with Gasteiger partial charge in [0, 0.05) is 23.9 Å². The van der Waals surface area contributed by atoms with E-state index in [1.165, 1.54) is 11.1 Å². The summed E-state index contributed by atoms with van der Waals surface area (Å²) in [6.07, 6.45) is 2.29. The number of amides is 1. The highest BCUT2D eigenvalue weighted by molar-refractivity contribution is 7.08. The predicted molar refractivity (Wildman–Crippen MR) is 98.5 cm³/mol. The quantitative estimate of drug-likeness (QED) is 0.831. The third-order valence-corrected chi connectivity index (χ3v) is 6.44. The molecule has 2 aromatic rings. The van der Waals surface area contributed by atoms with E-state index in [2.05, 4.69) is 41.0 Å². The number of rotatable bonds is 2. The molecule has 126 valence electrons. The van der Waals surface area contributed by atoms with E-state index in [0.29, 0.717) is 0 Å². The molecule has 1 amide bonds. The summed E-state index contributed by atoms with van der Waals surface area (Å²) < 4.78 is 0. The Morgan fingerprint density at radius 3 is 2.71 bits per heavy atom. The first-order valence-corrected chi connectivity index (χ1v) is 9.78. The molecule has 1 saturated heterocycles. The minimum absolute atomic E-state index is 0.131. The molecule has 1 aromatic carbocycles. The van der Waals surface area contributed by atoms with E-state index in [1.54, 1.807) is 11.3 Å². The average Bonchev–Trinajstić information content (AvgIpc) is 3.16. The highest BCUT2D eigenvalue weighted by Crippen LogP contribution is 2.42. The van der Waals surface area contributed by atoms with Gasteiger partial charge in [-0.25, -0.2) is 0 Å². The summed E-state index contributed by atoms with van der Waals surface area (Å²) in [4.78, 5) is 17.5. The van der Waals surface area contributed by atoms with Gasteiger partial charge in [0.1, 0.15) is 0 Å². The second-order valence-electron chi connectivity index (χ2n) is 7.04. The van der Waals surface area contributed by atoms with Crippen molar-refractivity contribution in [2.24, 2.45) is 0 Å². The van der Waals surface area contributed by atoms with E-state index in [-0.39, 0.29) is 11.3 Å². The summed E-state index contributed by atoms with van der Waals surface area (Å²) in [6.45, 7) is 7.21. The van der Waals surface area contributed by atoms with Crippen LogP contribution in [0.3, 0.4) is 0 Å². The summed E-state index contributed by atoms with van der Waals surface area (Å²) in [5, 5.41) is 3.95. The molecule has 3 nitrogen and oxygen atoms in total. The molecule has 0 atom stereocenters. The van der Waals surface area contributed by atoms with Crippen LogP contribution in [0.5, 0.6) is 0 Å². The molecule has 3 heterocycles. The molecule has 0 bridgehead atoms. The predicted octanol–water partition coefficient (Wildman–Crippen LogP) is 3.76. The Bertz CT molecular complexity index is 717. The van der Waals surface area contributed by atoms with Crippen molar-refractivity contribution in [1.29, 1.82) is 0 Å². The summed E-state index contributed by atoms with van der Waals surface area (Å²) >= 11 is 1.59. The Morgan fingerprint density at radius 1 is 1.21 bits per heavy atom. The van der Waals surface area contributed by atoms with Crippen molar-refractivity contribution < 1.29 is 4.79 Å². The second-order valence-corrected chi connectivity index (χ2v) is 7.83. The SMILES string of the molecule is CCN1CCC2(CC1)CN(C(=O)c1ccsc1)Cc1ccccc12. The van der Waals surface area contributed by atoms with Crippen LogP contribution >= 0.6 is 11.3 Å². The summed E-state index contributed by atoms with van der Waals surface area (Å²) in [7, 11) is 0. The van der Waals surface area contributed by atoms with Crippen molar-refractivity contribution in [3.05, 3.63) is 57.8 Å². The number of thiophene rings is 1. The van der Waals surface area contributed by atoms with E-state index < -0.39 is 0 Å². The fourth-order valence-electron chi connectivity index (χ4n) is 4.32. The van der Waals surface area contributed by atoms with Crippen molar-refractivity contribution in [2.75, 3.05) is 26.2 Å². The smallest absolute Gasteiger partial charge is 0.255 e. The van der Waals surface area contributed by atoms with Gasteiger partial charge in [-0.2, -0.15) is 11.3 Å². The normalized spacial score (nSPS) is 20.1. The van der Waals surface area contributed by atoms with Gasteiger partial charge in [0.05, 0.1) is 5.56 Å². The maximum absolute atomic E-state index is 12.9. The van der Waals surface area contributed by atoms with Gasteiger partial charge in [-0.1, -0.05) is 31.2 Å². The van der Waals surface area contributed by atoms with Gasteiger partial charge in [-0.3, -0.25) is 4.79 Å². The highest BCUT2D eigenvalue weighted by Gasteiger charge is 2.42. The molecule has 0 saturated carbocycles. The van der Waals surface area contributed by atoms with Gasteiger partial charge in [0.15, 0.2) is 0 Å². The summed E-state index contributed by atoms with van der Waals surface area (Å²) in [6, 6.07) is 10.7. The zero-order chi connectivity index (χ0) is 16.6. The Balaban J connectivity index is 1.67. The Hall–Kier alpha value is -1.65.